The molecule has 1 aromatic rings. The van der Waals surface area contributed by atoms with Crippen LogP contribution in [0.3, 0.4) is 0 Å². The normalized spacial score (nSPS) is 20.1. The van der Waals surface area contributed by atoms with Crippen LogP contribution in [-0.4, -0.2) is 66.9 Å². The summed E-state index contributed by atoms with van der Waals surface area (Å²) in [6.07, 6.45) is 0.434. The molecule has 0 bridgehead atoms. The Morgan fingerprint density at radius 3 is 2.41 bits per heavy atom. The van der Waals surface area contributed by atoms with Crippen molar-refractivity contribution in [2.45, 2.75) is 56.6 Å². The lowest BCUT2D eigenvalue weighted by Gasteiger charge is -2.22. The molecule has 3 atom stereocenters. The summed E-state index contributed by atoms with van der Waals surface area (Å²) in [6, 6.07) is 3.51. The summed E-state index contributed by atoms with van der Waals surface area (Å²) in [7, 11) is -4.05. The molecule has 12 heteroatoms. The Kier molecular flexibility index (Phi) is 8.73. The number of nitrogens with zero attached hydrogens (tertiary/aromatic N) is 1. The Morgan fingerprint density at radius 2 is 1.84 bits per heavy atom. The van der Waals surface area contributed by atoms with Crippen LogP contribution in [0.4, 0.5) is 0 Å². The van der Waals surface area contributed by atoms with Crippen LogP contribution in [0.2, 0.25) is 0 Å². The summed E-state index contributed by atoms with van der Waals surface area (Å²) >= 11 is 0. The first-order valence-corrected chi connectivity index (χ1v) is 11.7. The third-order valence-corrected chi connectivity index (χ3v) is 7.04. The Balaban J connectivity index is 2.05. The number of hydroxylamine groups is 1. The fourth-order valence-corrected chi connectivity index (χ4v) is 5.17. The van der Waals surface area contributed by atoms with Crippen LogP contribution < -0.4 is 21.8 Å². The van der Waals surface area contributed by atoms with E-state index in [2.05, 4.69) is 10.6 Å². The molecular weight excluding hydrogens is 438 g/mol. The molecule has 1 fully saturated rings. The third-order valence-electron chi connectivity index (χ3n) is 5.15. The van der Waals surface area contributed by atoms with Gasteiger partial charge in [0.05, 0.1) is 17.5 Å². The zero-order chi connectivity index (χ0) is 24.1. The van der Waals surface area contributed by atoms with E-state index in [4.69, 9.17) is 10.9 Å². The molecule has 0 aromatic heterocycles. The average molecular weight is 470 g/mol. The van der Waals surface area contributed by atoms with Gasteiger partial charge < -0.3 is 16.4 Å². The van der Waals surface area contributed by atoms with Crippen molar-refractivity contribution < 1.29 is 28.0 Å². The van der Waals surface area contributed by atoms with E-state index < -0.39 is 45.9 Å². The second-order valence-electron chi connectivity index (χ2n) is 8.33. The van der Waals surface area contributed by atoms with Crippen molar-refractivity contribution in [2.75, 3.05) is 13.1 Å². The molecule has 1 saturated heterocycles. The molecule has 178 valence electrons. The molecule has 0 aliphatic carbocycles. The molecule has 32 heavy (non-hydrogen) atoms. The number of benzene rings is 1. The van der Waals surface area contributed by atoms with Crippen LogP contribution in [0.15, 0.2) is 29.2 Å². The van der Waals surface area contributed by atoms with Crippen LogP contribution in [0.25, 0.3) is 0 Å². The van der Waals surface area contributed by atoms with Crippen LogP contribution >= 0.6 is 0 Å². The van der Waals surface area contributed by atoms with Crippen molar-refractivity contribution in [3.05, 3.63) is 29.8 Å². The zero-order valence-corrected chi connectivity index (χ0v) is 19.2. The van der Waals surface area contributed by atoms with Gasteiger partial charge in [-0.25, -0.2) is 13.9 Å². The minimum Gasteiger partial charge on any atom is -0.350 e. The average Bonchev–Trinajstić information content (AvgIpc) is 3.15. The number of carbonyl (C=O) groups excluding carboxylic acids is 3. The van der Waals surface area contributed by atoms with Crippen molar-refractivity contribution >= 4 is 27.7 Å². The van der Waals surface area contributed by atoms with Gasteiger partial charge in [0.2, 0.25) is 21.8 Å². The maximum Gasteiger partial charge on any atom is 0.261 e. The molecule has 0 radical (unpaired) electrons. The van der Waals surface area contributed by atoms with E-state index in [-0.39, 0.29) is 30.3 Å². The number of sulfonamides is 1. The molecule has 1 heterocycles. The van der Waals surface area contributed by atoms with E-state index in [0.29, 0.717) is 6.42 Å². The number of amides is 3. The van der Waals surface area contributed by atoms with Crippen molar-refractivity contribution in [1.82, 2.24) is 20.4 Å². The lowest BCUT2D eigenvalue weighted by Crippen LogP contribution is -2.47. The van der Waals surface area contributed by atoms with Gasteiger partial charge in [-0.15, -0.1) is 0 Å². The van der Waals surface area contributed by atoms with E-state index >= 15 is 0 Å². The minimum absolute atomic E-state index is 0.00257. The van der Waals surface area contributed by atoms with E-state index in [0.717, 1.165) is 9.87 Å². The molecule has 1 aromatic carbocycles. The molecule has 6 N–H and O–H groups in total. The van der Waals surface area contributed by atoms with E-state index in [1.54, 1.807) is 12.1 Å². The summed E-state index contributed by atoms with van der Waals surface area (Å²) < 4.78 is 27.1. The Labute approximate surface area is 187 Å². The summed E-state index contributed by atoms with van der Waals surface area (Å²) in [5, 5.41) is 14.1. The van der Waals surface area contributed by atoms with E-state index in [1.165, 1.54) is 17.6 Å². The molecule has 0 spiro atoms. The molecule has 0 unspecified atom stereocenters. The van der Waals surface area contributed by atoms with Crippen LogP contribution in [0, 0.1) is 12.8 Å². The van der Waals surface area contributed by atoms with Crippen molar-refractivity contribution in [3.63, 3.8) is 0 Å². The highest BCUT2D eigenvalue weighted by atomic mass is 32.2. The highest BCUT2D eigenvalue weighted by Crippen LogP contribution is 2.27. The maximum atomic E-state index is 13.1. The first-order valence-electron chi connectivity index (χ1n) is 10.3. The predicted molar refractivity (Wildman–Crippen MR) is 116 cm³/mol. The second kappa shape index (κ2) is 10.9. The number of hydrogen-bond acceptors (Lipinski definition) is 7. The van der Waals surface area contributed by atoms with Gasteiger partial charge in [0, 0.05) is 12.6 Å². The lowest BCUT2D eigenvalue weighted by atomic mass is 10.0. The second-order valence-corrected chi connectivity index (χ2v) is 10.2. The zero-order valence-electron chi connectivity index (χ0n) is 18.4. The van der Waals surface area contributed by atoms with Crippen LogP contribution in [0.5, 0.6) is 0 Å². The first-order chi connectivity index (χ1) is 14.9. The van der Waals surface area contributed by atoms with Gasteiger partial charge in [-0.2, -0.15) is 4.31 Å². The highest BCUT2D eigenvalue weighted by Gasteiger charge is 2.44. The quantitative estimate of drug-likeness (QED) is 0.234. The molecule has 2 rings (SSSR count). The van der Waals surface area contributed by atoms with Crippen molar-refractivity contribution in [3.8, 4) is 0 Å². The maximum absolute atomic E-state index is 13.1. The van der Waals surface area contributed by atoms with Crippen LogP contribution in [0.1, 0.15) is 32.3 Å². The lowest BCUT2D eigenvalue weighted by molar-refractivity contribution is -0.132. The highest BCUT2D eigenvalue weighted by molar-refractivity contribution is 7.89. The van der Waals surface area contributed by atoms with Gasteiger partial charge in [0.25, 0.3) is 5.91 Å². The summed E-state index contributed by atoms with van der Waals surface area (Å²) in [4.78, 5) is 36.4. The van der Waals surface area contributed by atoms with Gasteiger partial charge in [0.1, 0.15) is 6.04 Å². The number of carbonyl (C=O) groups is 3. The smallest absolute Gasteiger partial charge is 0.261 e. The first kappa shape index (κ1) is 25.7. The SMILES string of the molecule is Cc1ccc(S(=O)(=O)N2C[C@@H](NC(=O)CNC(=O)[C@@H](N)CC(C)C)C[C@H]2C(=O)NO)cc1. The van der Waals surface area contributed by atoms with E-state index in [1.807, 2.05) is 20.8 Å². The molecule has 0 saturated carbocycles. The Morgan fingerprint density at radius 1 is 1.22 bits per heavy atom. The fourth-order valence-electron chi connectivity index (χ4n) is 3.53. The number of aryl methyl sites for hydroxylation is 1. The molecule has 3 amide bonds. The number of rotatable bonds is 9. The van der Waals surface area contributed by atoms with Crippen molar-refractivity contribution in [1.29, 1.82) is 0 Å². The van der Waals surface area contributed by atoms with Crippen LogP contribution in [-0.2, 0) is 24.4 Å². The van der Waals surface area contributed by atoms with Gasteiger partial charge in [-0.1, -0.05) is 31.5 Å². The van der Waals surface area contributed by atoms with Gasteiger partial charge in [-0.3, -0.25) is 19.6 Å². The number of nitrogens with two attached hydrogens (primary N) is 1. The number of nitrogens with one attached hydrogen (secondary N) is 3. The van der Waals surface area contributed by atoms with E-state index in [9.17, 15) is 22.8 Å². The number of hydrogen-bond donors (Lipinski definition) is 5. The van der Waals surface area contributed by atoms with Gasteiger partial charge in [-0.05, 0) is 37.8 Å². The minimum atomic E-state index is -4.05. The standard InChI is InChI=1S/C20H31N5O6S/c1-12(2)8-16(21)19(27)22-10-18(26)23-14-9-17(20(28)24-29)25(11-14)32(30,31)15-6-4-13(3)5-7-15/h4-7,12,14,16-17,29H,8-11,21H2,1-3H3,(H,22,27)(H,23,26)(H,24,28)/t14-,16-,17-/m0/s1. The van der Waals surface area contributed by atoms with Gasteiger partial charge in [0.15, 0.2) is 0 Å². The topological polar surface area (TPSA) is 171 Å². The molecule has 11 nitrogen and oxygen atoms in total. The Hall–Kier alpha value is -2.54. The monoisotopic (exact) mass is 469 g/mol. The van der Waals surface area contributed by atoms with Gasteiger partial charge >= 0.3 is 0 Å². The summed E-state index contributed by atoms with van der Waals surface area (Å²) in [6.45, 7) is 5.17. The molecule has 1 aliphatic rings. The molecule has 1 aliphatic heterocycles. The third kappa shape index (κ3) is 6.48. The molecular formula is C20H31N5O6S. The predicted octanol–water partition coefficient (Wildman–Crippen LogP) is -0.762. The summed E-state index contributed by atoms with van der Waals surface area (Å²) in [5.74, 6) is -1.68. The largest absolute Gasteiger partial charge is 0.350 e. The van der Waals surface area contributed by atoms with Crippen molar-refractivity contribution in [2.24, 2.45) is 11.7 Å². The summed E-state index contributed by atoms with van der Waals surface area (Å²) in [5.41, 5.74) is 8.13. The Bertz CT molecular complexity index is 934. The fraction of sp³-hybridized carbons (Fsp3) is 0.550.